The maximum atomic E-state index is 12.6. The summed E-state index contributed by atoms with van der Waals surface area (Å²) in [5.74, 6) is 1.74. The monoisotopic (exact) mass is 367 g/mol. The number of nitrogens with one attached hydrogen (secondary N) is 1. The molecule has 4 heteroatoms. The molecule has 1 amide bonds. The van der Waals surface area contributed by atoms with E-state index in [-0.39, 0.29) is 12.5 Å². The van der Waals surface area contributed by atoms with Crippen LogP contribution in [0.15, 0.2) is 42.5 Å². The third kappa shape index (κ3) is 4.44. The van der Waals surface area contributed by atoms with Gasteiger partial charge in [-0.3, -0.25) is 4.79 Å². The highest BCUT2D eigenvalue weighted by atomic mass is 16.5. The van der Waals surface area contributed by atoms with Crippen LogP contribution in [0.25, 0.3) is 10.8 Å². The van der Waals surface area contributed by atoms with Gasteiger partial charge in [0.1, 0.15) is 5.75 Å². The summed E-state index contributed by atoms with van der Waals surface area (Å²) in [4.78, 5) is 16.3. The van der Waals surface area contributed by atoms with E-state index < -0.39 is 0 Å². The van der Waals surface area contributed by atoms with Crippen molar-refractivity contribution in [2.24, 2.45) is 5.92 Å². The third-order valence-electron chi connectivity index (χ3n) is 6.36. The average Bonchev–Trinajstić information content (AvgIpc) is 2.72. The summed E-state index contributed by atoms with van der Waals surface area (Å²) in [6.45, 7) is 6.40. The van der Waals surface area contributed by atoms with Crippen molar-refractivity contribution < 1.29 is 14.4 Å². The van der Waals surface area contributed by atoms with Gasteiger partial charge in [0.25, 0.3) is 5.91 Å². The van der Waals surface area contributed by atoms with E-state index in [1.165, 1.54) is 31.1 Å². The molecule has 4 nitrogen and oxygen atoms in total. The van der Waals surface area contributed by atoms with Crippen LogP contribution in [0.1, 0.15) is 32.6 Å². The molecule has 1 saturated carbocycles. The second-order valence-electron chi connectivity index (χ2n) is 8.31. The van der Waals surface area contributed by atoms with E-state index in [0.29, 0.717) is 0 Å². The first-order chi connectivity index (χ1) is 13.2. The van der Waals surface area contributed by atoms with E-state index in [1.54, 1.807) is 4.90 Å². The summed E-state index contributed by atoms with van der Waals surface area (Å²) in [6.07, 6.45) is 5.48. The summed E-state index contributed by atoms with van der Waals surface area (Å²) in [5, 5.41) is 2.33. The Morgan fingerprint density at radius 2 is 1.89 bits per heavy atom. The molecule has 0 radical (unpaired) electrons. The van der Waals surface area contributed by atoms with Gasteiger partial charge in [0.2, 0.25) is 0 Å². The predicted molar refractivity (Wildman–Crippen MR) is 108 cm³/mol. The van der Waals surface area contributed by atoms with Gasteiger partial charge in [0, 0.05) is 6.42 Å². The van der Waals surface area contributed by atoms with Crippen molar-refractivity contribution in [2.45, 2.75) is 38.6 Å². The lowest BCUT2D eigenvalue weighted by Gasteiger charge is -2.39. The number of ether oxygens (including phenoxy) is 1. The van der Waals surface area contributed by atoms with Crippen molar-refractivity contribution in [3.8, 4) is 5.75 Å². The molecule has 1 aliphatic heterocycles. The summed E-state index contributed by atoms with van der Waals surface area (Å²) in [6, 6.07) is 15.0. The number of nitrogens with zero attached hydrogens (tertiary/aromatic N) is 1. The van der Waals surface area contributed by atoms with Gasteiger partial charge < -0.3 is 14.5 Å². The molecule has 0 spiro atoms. The number of benzene rings is 2. The van der Waals surface area contributed by atoms with Crippen LogP contribution in [0, 0.1) is 5.92 Å². The standard InChI is InChI=1S/C23H30N2O2/c1-18-5-4-8-21(15-18)24-11-13-25(14-12-24)23(26)17-27-22-10-9-19-6-2-3-7-20(19)16-22/h2-3,6-7,9-10,16,18,21H,4-5,8,11-15,17H2,1H3/p+1/t18-,21-/m0/s1. The first-order valence-electron chi connectivity index (χ1n) is 10.4. The van der Waals surface area contributed by atoms with Gasteiger partial charge >= 0.3 is 0 Å². The molecule has 0 aromatic heterocycles. The minimum atomic E-state index is 0.110. The molecule has 1 aliphatic carbocycles. The van der Waals surface area contributed by atoms with E-state index >= 15 is 0 Å². The van der Waals surface area contributed by atoms with Crippen LogP contribution in [-0.4, -0.2) is 49.6 Å². The smallest absolute Gasteiger partial charge is 0.260 e. The molecule has 1 N–H and O–H groups in total. The molecule has 144 valence electrons. The Bertz CT molecular complexity index is 783. The van der Waals surface area contributed by atoms with Gasteiger partial charge in [-0.1, -0.05) is 43.7 Å². The molecule has 2 aromatic rings. The van der Waals surface area contributed by atoms with Gasteiger partial charge in [-0.2, -0.15) is 0 Å². The van der Waals surface area contributed by atoms with Crippen molar-refractivity contribution in [1.29, 1.82) is 0 Å². The van der Waals surface area contributed by atoms with Gasteiger partial charge in [-0.15, -0.1) is 0 Å². The molecule has 2 aromatic carbocycles. The lowest BCUT2D eigenvalue weighted by molar-refractivity contribution is -0.930. The molecule has 0 bridgehead atoms. The first-order valence-corrected chi connectivity index (χ1v) is 10.4. The van der Waals surface area contributed by atoms with Crippen LogP contribution in [0.4, 0.5) is 0 Å². The molecular formula is C23H31N2O2+. The number of carbonyl (C=O) groups is 1. The van der Waals surface area contributed by atoms with Crippen molar-refractivity contribution in [2.75, 3.05) is 32.8 Å². The maximum Gasteiger partial charge on any atom is 0.260 e. The predicted octanol–water partition coefficient (Wildman–Crippen LogP) is 2.52. The van der Waals surface area contributed by atoms with E-state index in [9.17, 15) is 4.79 Å². The number of piperazine rings is 1. The van der Waals surface area contributed by atoms with Crippen LogP contribution in [0.2, 0.25) is 0 Å². The summed E-state index contributed by atoms with van der Waals surface area (Å²) < 4.78 is 5.79. The fourth-order valence-corrected chi connectivity index (χ4v) is 4.75. The Morgan fingerprint density at radius 1 is 1.11 bits per heavy atom. The highest BCUT2D eigenvalue weighted by Crippen LogP contribution is 2.22. The third-order valence-corrected chi connectivity index (χ3v) is 6.36. The van der Waals surface area contributed by atoms with Crippen LogP contribution in [0.5, 0.6) is 5.75 Å². The van der Waals surface area contributed by atoms with Crippen molar-refractivity contribution >= 4 is 16.7 Å². The number of amides is 1. The van der Waals surface area contributed by atoms with E-state index in [0.717, 1.165) is 49.3 Å². The molecule has 2 fully saturated rings. The van der Waals surface area contributed by atoms with Crippen molar-refractivity contribution in [3.63, 3.8) is 0 Å². The Morgan fingerprint density at radius 3 is 2.67 bits per heavy atom. The van der Waals surface area contributed by atoms with Crippen LogP contribution < -0.4 is 9.64 Å². The number of quaternary nitrogens is 1. The van der Waals surface area contributed by atoms with Crippen molar-refractivity contribution in [3.05, 3.63) is 42.5 Å². The highest BCUT2D eigenvalue weighted by Gasteiger charge is 2.32. The van der Waals surface area contributed by atoms with Gasteiger partial charge in [0.05, 0.1) is 32.2 Å². The van der Waals surface area contributed by atoms with E-state index in [2.05, 4.69) is 19.1 Å². The maximum absolute atomic E-state index is 12.6. The second kappa shape index (κ2) is 8.30. The molecule has 1 heterocycles. The summed E-state index contributed by atoms with van der Waals surface area (Å²) in [7, 11) is 0. The molecule has 2 atom stereocenters. The topological polar surface area (TPSA) is 34.0 Å². The highest BCUT2D eigenvalue weighted by molar-refractivity contribution is 5.84. The zero-order chi connectivity index (χ0) is 18.6. The van der Waals surface area contributed by atoms with Crippen molar-refractivity contribution in [1.82, 2.24) is 4.90 Å². The minimum absolute atomic E-state index is 0.110. The number of hydrogen-bond donors (Lipinski definition) is 1. The lowest BCUT2D eigenvalue weighted by atomic mass is 9.86. The van der Waals surface area contributed by atoms with Gasteiger partial charge in [0.15, 0.2) is 6.61 Å². The Kier molecular flexibility index (Phi) is 5.63. The Balaban J connectivity index is 1.26. The summed E-state index contributed by atoms with van der Waals surface area (Å²) >= 11 is 0. The quantitative estimate of drug-likeness (QED) is 0.901. The van der Waals surface area contributed by atoms with E-state index in [1.807, 2.05) is 35.2 Å². The Labute approximate surface area is 162 Å². The van der Waals surface area contributed by atoms with Crippen LogP contribution >= 0.6 is 0 Å². The SMILES string of the molecule is C[C@H]1CCC[C@H]([NH+]2CCN(C(=O)COc3ccc4ccccc4c3)CC2)C1. The normalized spacial score (nSPS) is 24.1. The fraction of sp³-hybridized carbons (Fsp3) is 0.522. The number of hydrogen-bond acceptors (Lipinski definition) is 2. The molecule has 2 aliphatic rings. The minimum Gasteiger partial charge on any atom is -0.484 e. The number of rotatable bonds is 4. The van der Waals surface area contributed by atoms with E-state index in [4.69, 9.17) is 4.74 Å². The lowest BCUT2D eigenvalue weighted by Crippen LogP contribution is -3.18. The molecule has 27 heavy (non-hydrogen) atoms. The molecule has 0 unspecified atom stereocenters. The van der Waals surface area contributed by atoms with Gasteiger partial charge in [-0.05, 0) is 41.7 Å². The van der Waals surface area contributed by atoms with Crippen LogP contribution in [0.3, 0.4) is 0 Å². The molecule has 1 saturated heterocycles. The largest absolute Gasteiger partial charge is 0.484 e. The molecular weight excluding hydrogens is 336 g/mol. The van der Waals surface area contributed by atoms with Crippen LogP contribution in [-0.2, 0) is 4.79 Å². The molecule has 4 rings (SSSR count). The number of carbonyl (C=O) groups excluding carboxylic acids is 1. The first kappa shape index (κ1) is 18.3. The Hall–Kier alpha value is -2.07. The zero-order valence-electron chi connectivity index (χ0n) is 16.3. The summed E-state index contributed by atoms with van der Waals surface area (Å²) in [5.41, 5.74) is 0. The zero-order valence-corrected chi connectivity index (χ0v) is 16.3. The fourth-order valence-electron chi connectivity index (χ4n) is 4.75. The second-order valence-corrected chi connectivity index (χ2v) is 8.31. The van der Waals surface area contributed by atoms with Gasteiger partial charge in [-0.25, -0.2) is 0 Å². The average molecular weight is 368 g/mol. The number of fused-ring (bicyclic) bond motifs is 1.